The number of non-ortho nitro benzene ring substituents is 1. The molecule has 8 heteroatoms. The minimum Gasteiger partial charge on any atom is -0.507 e. The van der Waals surface area contributed by atoms with Crippen molar-refractivity contribution < 1.29 is 24.4 Å². The predicted octanol–water partition coefficient (Wildman–Crippen LogP) is 2.75. The van der Waals surface area contributed by atoms with Gasteiger partial charge >= 0.3 is 5.97 Å². The van der Waals surface area contributed by atoms with Crippen LogP contribution in [-0.4, -0.2) is 35.1 Å². The first-order valence-electron chi connectivity index (χ1n) is 8.41. The number of esters is 1. The Kier molecular flexibility index (Phi) is 5.07. The number of benzene rings is 2. The third kappa shape index (κ3) is 3.89. The molecular formula is C19H18N2O6. The lowest BCUT2D eigenvalue weighted by Gasteiger charge is -2.29. The Hall–Kier alpha value is -3.42. The maximum absolute atomic E-state index is 12.5. The fraction of sp³-hybridized carbons (Fsp3) is 0.263. The van der Waals surface area contributed by atoms with Gasteiger partial charge in [0.25, 0.3) is 11.6 Å². The number of nitrogens with zero attached hydrogens (tertiary/aromatic N) is 2. The number of carbonyl (C=O) groups is 2. The number of aromatic hydroxyl groups is 1. The Morgan fingerprint density at radius 3 is 2.74 bits per heavy atom. The second-order valence-corrected chi connectivity index (χ2v) is 6.32. The number of nitro groups is 1. The Bertz CT molecular complexity index is 924. The van der Waals surface area contributed by atoms with Gasteiger partial charge in [-0.3, -0.25) is 14.9 Å². The lowest BCUT2D eigenvalue weighted by atomic mass is 10.0. The first kappa shape index (κ1) is 18.4. The number of carbonyl (C=O) groups excluding carboxylic acids is 2. The smallest absolute Gasteiger partial charge is 0.342 e. The molecule has 0 spiro atoms. The Morgan fingerprint density at radius 2 is 2.04 bits per heavy atom. The van der Waals surface area contributed by atoms with Crippen LogP contribution in [0.2, 0.25) is 0 Å². The van der Waals surface area contributed by atoms with Crippen LogP contribution in [0.5, 0.6) is 5.75 Å². The number of amides is 1. The number of phenolic OH excluding ortho intramolecular Hbond substituents is 1. The summed E-state index contributed by atoms with van der Waals surface area (Å²) in [6.45, 7) is 1.73. The molecule has 140 valence electrons. The van der Waals surface area contributed by atoms with Gasteiger partial charge in [-0.15, -0.1) is 0 Å². The van der Waals surface area contributed by atoms with Gasteiger partial charge < -0.3 is 14.7 Å². The average Bonchev–Trinajstić information content (AvgIpc) is 2.64. The topological polar surface area (TPSA) is 110 Å². The third-order valence-corrected chi connectivity index (χ3v) is 4.39. The number of aryl methyl sites for hydroxylation is 2. The van der Waals surface area contributed by atoms with E-state index < -0.39 is 23.4 Å². The zero-order valence-corrected chi connectivity index (χ0v) is 14.7. The molecule has 3 rings (SSSR count). The molecule has 27 heavy (non-hydrogen) atoms. The minimum absolute atomic E-state index is 0.0110. The summed E-state index contributed by atoms with van der Waals surface area (Å²) >= 11 is 0. The molecule has 8 nitrogen and oxygen atoms in total. The summed E-state index contributed by atoms with van der Waals surface area (Å²) in [6, 6.07) is 8.88. The van der Waals surface area contributed by atoms with Crippen molar-refractivity contribution in [2.75, 3.05) is 18.1 Å². The van der Waals surface area contributed by atoms with Crippen molar-refractivity contribution >= 4 is 23.3 Å². The van der Waals surface area contributed by atoms with E-state index in [1.54, 1.807) is 13.0 Å². The number of rotatable bonds is 4. The number of phenols is 1. The summed E-state index contributed by atoms with van der Waals surface area (Å²) in [6.07, 6.45) is 1.30. The molecule has 0 aliphatic carbocycles. The van der Waals surface area contributed by atoms with E-state index in [1.165, 1.54) is 35.2 Å². The molecule has 1 heterocycles. The summed E-state index contributed by atoms with van der Waals surface area (Å²) in [4.78, 5) is 36.5. The van der Waals surface area contributed by atoms with E-state index in [0.717, 1.165) is 5.56 Å². The molecule has 1 aliphatic rings. The van der Waals surface area contributed by atoms with Gasteiger partial charge in [-0.05, 0) is 49.1 Å². The highest BCUT2D eigenvalue weighted by Crippen LogP contribution is 2.30. The number of fused-ring (bicyclic) bond motifs is 1. The van der Waals surface area contributed by atoms with Gasteiger partial charge in [0.05, 0.1) is 4.92 Å². The van der Waals surface area contributed by atoms with Crippen molar-refractivity contribution in [1.29, 1.82) is 0 Å². The molecule has 0 bridgehead atoms. The van der Waals surface area contributed by atoms with Crippen LogP contribution in [0.3, 0.4) is 0 Å². The van der Waals surface area contributed by atoms with E-state index in [0.29, 0.717) is 30.6 Å². The van der Waals surface area contributed by atoms with Gasteiger partial charge in [0.2, 0.25) is 0 Å². The molecule has 0 radical (unpaired) electrons. The average molecular weight is 370 g/mol. The lowest BCUT2D eigenvalue weighted by molar-refractivity contribution is -0.384. The normalized spacial score (nSPS) is 13.0. The third-order valence-electron chi connectivity index (χ3n) is 4.39. The van der Waals surface area contributed by atoms with E-state index in [2.05, 4.69) is 0 Å². The Labute approximate surface area is 155 Å². The number of hydrogen-bond acceptors (Lipinski definition) is 6. The van der Waals surface area contributed by atoms with Gasteiger partial charge in [0, 0.05) is 24.4 Å². The molecule has 0 atom stereocenters. The second-order valence-electron chi connectivity index (χ2n) is 6.32. The lowest BCUT2D eigenvalue weighted by Crippen LogP contribution is -2.38. The quantitative estimate of drug-likeness (QED) is 0.503. The van der Waals surface area contributed by atoms with E-state index in [9.17, 15) is 24.8 Å². The van der Waals surface area contributed by atoms with Crippen LogP contribution in [0.25, 0.3) is 0 Å². The largest absolute Gasteiger partial charge is 0.507 e. The molecule has 1 aliphatic heterocycles. The summed E-state index contributed by atoms with van der Waals surface area (Å²) in [7, 11) is 0. The molecule has 0 unspecified atom stereocenters. The second kappa shape index (κ2) is 7.45. The maximum atomic E-state index is 12.5. The number of nitro benzene ring substituents is 1. The number of ether oxygens (including phenoxy) is 1. The van der Waals surface area contributed by atoms with Crippen molar-refractivity contribution in [2.45, 2.75) is 19.8 Å². The van der Waals surface area contributed by atoms with Gasteiger partial charge in [-0.1, -0.05) is 6.07 Å². The molecule has 0 fully saturated rings. The van der Waals surface area contributed by atoms with Gasteiger partial charge in [0.1, 0.15) is 11.3 Å². The molecule has 1 amide bonds. The van der Waals surface area contributed by atoms with E-state index in [-0.39, 0.29) is 17.0 Å². The fourth-order valence-corrected chi connectivity index (χ4v) is 3.05. The van der Waals surface area contributed by atoms with Crippen molar-refractivity contribution in [3.63, 3.8) is 0 Å². The van der Waals surface area contributed by atoms with Crippen LogP contribution in [-0.2, 0) is 16.0 Å². The first-order chi connectivity index (χ1) is 12.9. The SMILES string of the molecule is Cc1ccc(C(=O)OCC(=O)N2CCCc3cc([N+](=O)[O-])ccc32)c(O)c1. The van der Waals surface area contributed by atoms with Crippen LogP contribution in [0.15, 0.2) is 36.4 Å². The summed E-state index contributed by atoms with van der Waals surface area (Å²) in [5, 5.41) is 20.7. The highest BCUT2D eigenvalue weighted by Gasteiger charge is 2.25. The maximum Gasteiger partial charge on any atom is 0.342 e. The Balaban J connectivity index is 1.70. The van der Waals surface area contributed by atoms with Crippen LogP contribution in [0.4, 0.5) is 11.4 Å². The minimum atomic E-state index is -0.790. The van der Waals surface area contributed by atoms with Crippen molar-refractivity contribution in [2.24, 2.45) is 0 Å². The van der Waals surface area contributed by atoms with Crippen LogP contribution in [0.1, 0.15) is 27.9 Å². The van der Waals surface area contributed by atoms with Crippen LogP contribution >= 0.6 is 0 Å². The van der Waals surface area contributed by atoms with E-state index >= 15 is 0 Å². The summed E-state index contributed by atoms with van der Waals surface area (Å²) in [5.41, 5.74) is 2.06. The highest BCUT2D eigenvalue weighted by molar-refractivity contribution is 5.98. The van der Waals surface area contributed by atoms with Crippen LogP contribution in [0, 0.1) is 17.0 Å². The van der Waals surface area contributed by atoms with Crippen LogP contribution < -0.4 is 4.90 Å². The zero-order chi connectivity index (χ0) is 19.6. The highest BCUT2D eigenvalue weighted by atomic mass is 16.6. The molecular weight excluding hydrogens is 352 g/mol. The monoisotopic (exact) mass is 370 g/mol. The van der Waals surface area contributed by atoms with E-state index in [1.807, 2.05) is 0 Å². The molecule has 0 aromatic heterocycles. The Morgan fingerprint density at radius 1 is 1.26 bits per heavy atom. The molecule has 2 aromatic carbocycles. The number of hydrogen-bond donors (Lipinski definition) is 1. The molecule has 0 saturated heterocycles. The van der Waals surface area contributed by atoms with Crippen molar-refractivity contribution in [1.82, 2.24) is 0 Å². The predicted molar refractivity (Wildman–Crippen MR) is 96.9 cm³/mol. The number of anilines is 1. The fourth-order valence-electron chi connectivity index (χ4n) is 3.05. The van der Waals surface area contributed by atoms with Gasteiger partial charge in [0.15, 0.2) is 6.61 Å². The van der Waals surface area contributed by atoms with Gasteiger partial charge in [-0.2, -0.15) is 0 Å². The van der Waals surface area contributed by atoms with E-state index in [4.69, 9.17) is 4.74 Å². The zero-order valence-electron chi connectivity index (χ0n) is 14.7. The molecule has 1 N–H and O–H groups in total. The molecule has 0 saturated carbocycles. The standard InChI is InChI=1S/C19H18N2O6/c1-12-4-6-15(17(22)9-12)19(24)27-11-18(23)20-8-2-3-13-10-14(21(25)26)5-7-16(13)20/h4-7,9-10,22H,2-3,8,11H2,1H3. The van der Waals surface area contributed by atoms with Crippen molar-refractivity contribution in [3.05, 3.63) is 63.2 Å². The van der Waals surface area contributed by atoms with Gasteiger partial charge in [-0.25, -0.2) is 4.79 Å². The summed E-state index contributed by atoms with van der Waals surface area (Å²) in [5.74, 6) is -1.42. The first-order valence-corrected chi connectivity index (χ1v) is 8.41. The molecule has 2 aromatic rings. The summed E-state index contributed by atoms with van der Waals surface area (Å²) < 4.78 is 5.04. The van der Waals surface area contributed by atoms with Crippen molar-refractivity contribution in [3.8, 4) is 5.75 Å².